The van der Waals surface area contributed by atoms with E-state index >= 15 is 0 Å². The van der Waals surface area contributed by atoms with Gasteiger partial charge in [-0.3, -0.25) is 4.90 Å². The molecule has 0 bridgehead atoms. The van der Waals surface area contributed by atoms with E-state index < -0.39 is 0 Å². The third kappa shape index (κ3) is 3.48. The lowest BCUT2D eigenvalue weighted by Gasteiger charge is -2.40. The van der Waals surface area contributed by atoms with Crippen LogP contribution in [0.5, 0.6) is 5.75 Å². The van der Waals surface area contributed by atoms with E-state index in [9.17, 15) is 0 Å². The summed E-state index contributed by atoms with van der Waals surface area (Å²) in [5.74, 6) is 0.951. The van der Waals surface area contributed by atoms with Crippen molar-refractivity contribution < 1.29 is 4.74 Å². The predicted octanol–water partition coefficient (Wildman–Crippen LogP) is 2.96. The number of nitrogens with two attached hydrogens (primary N) is 1. The van der Waals surface area contributed by atoms with E-state index in [-0.39, 0.29) is 0 Å². The maximum Gasteiger partial charge on any atom is 0.119 e. The third-order valence-electron chi connectivity index (χ3n) is 4.14. The van der Waals surface area contributed by atoms with E-state index in [4.69, 9.17) is 10.5 Å². The summed E-state index contributed by atoms with van der Waals surface area (Å²) in [5.41, 5.74) is 7.39. The molecule has 0 aliphatic carbocycles. The molecule has 0 spiro atoms. The molecule has 1 aliphatic heterocycles. The fourth-order valence-electron chi connectivity index (χ4n) is 3.00. The standard InChI is InChI=1S/C16H26N2O/c1-4-19-16-7-5-14(6-8-16)13(3)18-10-9-15(17)11-12(18)2/h5-8,12-13,15H,4,9-11,17H2,1-3H3. The molecular weight excluding hydrogens is 236 g/mol. The molecule has 3 unspecified atom stereocenters. The van der Waals surface area contributed by atoms with Crippen LogP contribution in [0.4, 0.5) is 0 Å². The second-order valence-electron chi connectivity index (χ2n) is 5.55. The summed E-state index contributed by atoms with van der Waals surface area (Å²) in [7, 11) is 0. The van der Waals surface area contributed by atoms with E-state index in [1.54, 1.807) is 0 Å². The van der Waals surface area contributed by atoms with Gasteiger partial charge in [-0.1, -0.05) is 12.1 Å². The molecule has 0 saturated carbocycles. The molecule has 2 N–H and O–H groups in total. The van der Waals surface area contributed by atoms with Gasteiger partial charge in [0.25, 0.3) is 0 Å². The van der Waals surface area contributed by atoms with Crippen molar-refractivity contribution in [3.63, 3.8) is 0 Å². The number of likely N-dealkylation sites (tertiary alicyclic amines) is 1. The van der Waals surface area contributed by atoms with Gasteiger partial charge in [0.1, 0.15) is 5.75 Å². The van der Waals surface area contributed by atoms with Crippen LogP contribution in [0.15, 0.2) is 24.3 Å². The van der Waals surface area contributed by atoms with E-state index in [2.05, 4.69) is 43.0 Å². The van der Waals surface area contributed by atoms with E-state index in [1.165, 1.54) is 5.56 Å². The zero-order valence-corrected chi connectivity index (χ0v) is 12.3. The Bertz CT molecular complexity index is 390. The average molecular weight is 262 g/mol. The number of ether oxygens (including phenoxy) is 1. The lowest BCUT2D eigenvalue weighted by molar-refractivity contribution is 0.104. The topological polar surface area (TPSA) is 38.5 Å². The number of piperidine rings is 1. The molecule has 106 valence electrons. The van der Waals surface area contributed by atoms with Gasteiger partial charge in [-0.05, 0) is 51.3 Å². The first-order valence-electron chi connectivity index (χ1n) is 7.36. The summed E-state index contributed by atoms with van der Waals surface area (Å²) in [4.78, 5) is 2.55. The Morgan fingerprint density at radius 1 is 1.37 bits per heavy atom. The highest BCUT2D eigenvalue weighted by Gasteiger charge is 2.27. The van der Waals surface area contributed by atoms with Crippen LogP contribution in [0.2, 0.25) is 0 Å². The fourth-order valence-corrected chi connectivity index (χ4v) is 3.00. The second kappa shape index (κ2) is 6.40. The smallest absolute Gasteiger partial charge is 0.119 e. The van der Waals surface area contributed by atoms with Crippen LogP contribution in [-0.4, -0.2) is 30.1 Å². The second-order valence-corrected chi connectivity index (χ2v) is 5.55. The van der Waals surface area contributed by atoms with Crippen molar-refractivity contribution in [3.8, 4) is 5.75 Å². The lowest BCUT2D eigenvalue weighted by atomic mass is 9.95. The number of rotatable bonds is 4. The first-order valence-corrected chi connectivity index (χ1v) is 7.36. The molecule has 0 amide bonds. The largest absolute Gasteiger partial charge is 0.494 e. The molecule has 1 aromatic carbocycles. The van der Waals surface area contributed by atoms with Gasteiger partial charge in [0.15, 0.2) is 0 Å². The minimum atomic E-state index is 0.374. The lowest BCUT2D eigenvalue weighted by Crippen LogP contribution is -2.46. The zero-order chi connectivity index (χ0) is 13.8. The Morgan fingerprint density at radius 3 is 2.63 bits per heavy atom. The molecule has 3 heteroatoms. The van der Waals surface area contributed by atoms with Crippen LogP contribution in [-0.2, 0) is 0 Å². The number of hydrogen-bond donors (Lipinski definition) is 1. The maximum absolute atomic E-state index is 6.04. The summed E-state index contributed by atoms with van der Waals surface area (Å²) < 4.78 is 5.49. The van der Waals surface area contributed by atoms with E-state index in [0.717, 1.165) is 31.7 Å². The highest BCUT2D eigenvalue weighted by atomic mass is 16.5. The summed E-state index contributed by atoms with van der Waals surface area (Å²) in [6.45, 7) is 8.38. The minimum absolute atomic E-state index is 0.374. The van der Waals surface area contributed by atoms with Crippen LogP contribution in [0.1, 0.15) is 45.2 Å². The number of benzene rings is 1. The average Bonchev–Trinajstić information content (AvgIpc) is 2.39. The van der Waals surface area contributed by atoms with Crippen molar-refractivity contribution in [2.45, 2.75) is 51.7 Å². The van der Waals surface area contributed by atoms with Crippen LogP contribution < -0.4 is 10.5 Å². The van der Waals surface area contributed by atoms with Gasteiger partial charge in [0, 0.05) is 24.7 Å². The molecule has 1 fully saturated rings. The van der Waals surface area contributed by atoms with Crippen molar-refractivity contribution in [2.24, 2.45) is 5.73 Å². The molecule has 2 rings (SSSR count). The van der Waals surface area contributed by atoms with Gasteiger partial charge < -0.3 is 10.5 Å². The van der Waals surface area contributed by atoms with Crippen LogP contribution >= 0.6 is 0 Å². The summed E-state index contributed by atoms with van der Waals surface area (Å²) >= 11 is 0. The SMILES string of the molecule is CCOc1ccc(C(C)N2CCC(N)CC2C)cc1. The Hall–Kier alpha value is -1.06. The molecule has 0 radical (unpaired) electrons. The molecule has 3 atom stereocenters. The summed E-state index contributed by atoms with van der Waals surface area (Å²) in [6, 6.07) is 9.86. The molecule has 1 aliphatic rings. The molecule has 0 aromatic heterocycles. The highest BCUT2D eigenvalue weighted by molar-refractivity contribution is 5.29. The maximum atomic E-state index is 6.04. The van der Waals surface area contributed by atoms with Gasteiger partial charge in [0.05, 0.1) is 6.61 Å². The fraction of sp³-hybridized carbons (Fsp3) is 0.625. The predicted molar refractivity (Wildman–Crippen MR) is 79.4 cm³/mol. The van der Waals surface area contributed by atoms with Gasteiger partial charge in [-0.25, -0.2) is 0 Å². The van der Waals surface area contributed by atoms with Crippen molar-refractivity contribution in [2.75, 3.05) is 13.2 Å². The quantitative estimate of drug-likeness (QED) is 0.906. The Kier molecular flexibility index (Phi) is 4.83. The van der Waals surface area contributed by atoms with Crippen molar-refractivity contribution in [1.29, 1.82) is 0 Å². The summed E-state index contributed by atoms with van der Waals surface area (Å²) in [6.07, 6.45) is 2.20. The minimum Gasteiger partial charge on any atom is -0.494 e. The van der Waals surface area contributed by atoms with Gasteiger partial charge in [-0.2, -0.15) is 0 Å². The molecule has 1 aromatic rings. The van der Waals surface area contributed by atoms with Gasteiger partial charge >= 0.3 is 0 Å². The highest BCUT2D eigenvalue weighted by Crippen LogP contribution is 2.28. The van der Waals surface area contributed by atoms with Crippen molar-refractivity contribution >= 4 is 0 Å². The van der Waals surface area contributed by atoms with Crippen LogP contribution in [0, 0.1) is 0 Å². The number of nitrogens with zero attached hydrogens (tertiary/aromatic N) is 1. The van der Waals surface area contributed by atoms with Crippen LogP contribution in [0.3, 0.4) is 0 Å². The molecule has 1 saturated heterocycles. The van der Waals surface area contributed by atoms with Crippen molar-refractivity contribution in [1.82, 2.24) is 4.90 Å². The van der Waals surface area contributed by atoms with E-state index in [0.29, 0.717) is 18.1 Å². The number of hydrogen-bond acceptors (Lipinski definition) is 3. The van der Waals surface area contributed by atoms with Gasteiger partial charge in [-0.15, -0.1) is 0 Å². The monoisotopic (exact) mass is 262 g/mol. The Balaban J connectivity index is 2.04. The zero-order valence-electron chi connectivity index (χ0n) is 12.3. The Labute approximate surface area is 116 Å². The first kappa shape index (κ1) is 14.4. The molecule has 19 heavy (non-hydrogen) atoms. The van der Waals surface area contributed by atoms with Gasteiger partial charge in [0.2, 0.25) is 0 Å². The van der Waals surface area contributed by atoms with Crippen molar-refractivity contribution in [3.05, 3.63) is 29.8 Å². The summed E-state index contributed by atoms with van der Waals surface area (Å²) in [5, 5.41) is 0. The van der Waals surface area contributed by atoms with E-state index in [1.807, 2.05) is 6.92 Å². The third-order valence-corrected chi connectivity index (χ3v) is 4.14. The van der Waals surface area contributed by atoms with Crippen LogP contribution in [0.25, 0.3) is 0 Å². The molecular formula is C16H26N2O. The first-order chi connectivity index (χ1) is 9.11. The molecule has 3 nitrogen and oxygen atoms in total. The normalized spacial score (nSPS) is 26.1. The molecule has 1 heterocycles. The Morgan fingerprint density at radius 2 is 2.05 bits per heavy atom.